The number of nitrogens with zero attached hydrogens (tertiary/aromatic N) is 4. The van der Waals surface area contributed by atoms with Crippen molar-refractivity contribution in [3.8, 4) is 6.07 Å². The van der Waals surface area contributed by atoms with Crippen LogP contribution in [-0.2, 0) is 0 Å². The molecule has 0 fully saturated rings. The summed E-state index contributed by atoms with van der Waals surface area (Å²) in [7, 11) is 0. The third kappa shape index (κ3) is 3.28. The van der Waals surface area contributed by atoms with Gasteiger partial charge in [0.15, 0.2) is 5.16 Å². The topological polar surface area (TPSA) is 78.8 Å². The number of anilines is 2. The maximum Gasteiger partial charge on any atom is 0.191 e. The Morgan fingerprint density at radius 3 is 2.88 bits per heavy atom. The number of aromatic nitrogens is 2. The molecule has 0 bridgehead atoms. The van der Waals surface area contributed by atoms with E-state index in [0.717, 1.165) is 12.4 Å². The molecular formula is C10H15N5S. The Labute approximate surface area is 99.7 Å². The summed E-state index contributed by atoms with van der Waals surface area (Å²) in [5.74, 6) is 1.25. The second-order valence-electron chi connectivity index (χ2n) is 3.13. The van der Waals surface area contributed by atoms with Crippen molar-refractivity contribution in [2.24, 2.45) is 0 Å². The molecule has 0 amide bonds. The molecule has 0 atom stereocenters. The number of nitrogens with two attached hydrogens (primary N) is 1. The zero-order chi connectivity index (χ0) is 12.0. The van der Waals surface area contributed by atoms with Crippen molar-refractivity contribution in [3.05, 3.63) is 6.07 Å². The van der Waals surface area contributed by atoms with E-state index in [4.69, 9.17) is 11.0 Å². The van der Waals surface area contributed by atoms with Gasteiger partial charge in [-0.05, 0) is 13.2 Å². The molecule has 86 valence electrons. The fourth-order valence-electron chi connectivity index (χ4n) is 1.30. The van der Waals surface area contributed by atoms with Crippen LogP contribution in [0.25, 0.3) is 0 Å². The van der Waals surface area contributed by atoms with Gasteiger partial charge in [-0.15, -0.1) is 0 Å². The van der Waals surface area contributed by atoms with E-state index in [1.807, 2.05) is 18.1 Å². The fourth-order valence-corrected chi connectivity index (χ4v) is 1.68. The summed E-state index contributed by atoms with van der Waals surface area (Å²) in [6, 6.07) is 3.86. The Bertz CT molecular complexity index is 387. The standard InChI is InChI=1S/C10H15N5S/c1-3-15(6-4-5-11)9-7-8(12)13-10(14-9)16-2/h7H,3-4,6H2,1-2H3,(H2,12,13,14). The molecule has 1 aromatic heterocycles. The summed E-state index contributed by atoms with van der Waals surface area (Å²) in [5.41, 5.74) is 5.70. The normalized spacial score (nSPS) is 9.81. The van der Waals surface area contributed by atoms with Crippen LogP contribution in [0.2, 0.25) is 0 Å². The first kappa shape index (κ1) is 12.6. The van der Waals surface area contributed by atoms with Crippen LogP contribution in [0.1, 0.15) is 13.3 Å². The van der Waals surface area contributed by atoms with Crippen molar-refractivity contribution >= 4 is 23.4 Å². The second kappa shape index (κ2) is 6.18. The molecule has 6 heteroatoms. The summed E-state index contributed by atoms with van der Waals surface area (Å²) in [6.07, 6.45) is 2.39. The van der Waals surface area contributed by atoms with Gasteiger partial charge in [-0.1, -0.05) is 11.8 Å². The highest BCUT2D eigenvalue weighted by atomic mass is 32.2. The van der Waals surface area contributed by atoms with Gasteiger partial charge in [0.2, 0.25) is 0 Å². The van der Waals surface area contributed by atoms with E-state index in [1.165, 1.54) is 11.8 Å². The van der Waals surface area contributed by atoms with Gasteiger partial charge in [-0.3, -0.25) is 0 Å². The van der Waals surface area contributed by atoms with Crippen LogP contribution in [0.3, 0.4) is 0 Å². The smallest absolute Gasteiger partial charge is 0.191 e. The van der Waals surface area contributed by atoms with E-state index < -0.39 is 0 Å². The molecule has 0 saturated carbocycles. The van der Waals surface area contributed by atoms with E-state index in [9.17, 15) is 0 Å². The van der Waals surface area contributed by atoms with Gasteiger partial charge in [-0.2, -0.15) is 5.26 Å². The lowest BCUT2D eigenvalue weighted by Crippen LogP contribution is -2.25. The first-order valence-electron chi connectivity index (χ1n) is 5.01. The molecule has 0 aliphatic carbocycles. The minimum absolute atomic E-state index is 0.463. The lowest BCUT2D eigenvalue weighted by molar-refractivity contribution is 0.793. The zero-order valence-electron chi connectivity index (χ0n) is 9.47. The van der Waals surface area contributed by atoms with E-state index in [-0.39, 0.29) is 0 Å². The van der Waals surface area contributed by atoms with Crippen molar-refractivity contribution in [2.45, 2.75) is 18.5 Å². The van der Waals surface area contributed by atoms with Crippen LogP contribution < -0.4 is 10.6 Å². The minimum atomic E-state index is 0.463. The second-order valence-corrected chi connectivity index (χ2v) is 3.90. The maximum absolute atomic E-state index is 8.57. The van der Waals surface area contributed by atoms with E-state index >= 15 is 0 Å². The van der Waals surface area contributed by atoms with Gasteiger partial charge in [0.25, 0.3) is 0 Å². The zero-order valence-corrected chi connectivity index (χ0v) is 10.3. The summed E-state index contributed by atoms with van der Waals surface area (Å²) < 4.78 is 0. The van der Waals surface area contributed by atoms with Crippen molar-refractivity contribution in [3.63, 3.8) is 0 Å². The predicted molar refractivity (Wildman–Crippen MR) is 66.3 cm³/mol. The average Bonchev–Trinajstić information content (AvgIpc) is 2.29. The average molecular weight is 237 g/mol. The Kier molecular flexibility index (Phi) is 4.86. The van der Waals surface area contributed by atoms with Gasteiger partial charge in [0.1, 0.15) is 11.6 Å². The fraction of sp³-hybridized carbons (Fsp3) is 0.500. The SMILES string of the molecule is CCN(CCC#N)c1cc(N)nc(SC)n1. The Morgan fingerprint density at radius 2 is 2.31 bits per heavy atom. The summed E-state index contributed by atoms with van der Waals surface area (Å²) >= 11 is 1.45. The van der Waals surface area contributed by atoms with Gasteiger partial charge in [0.05, 0.1) is 12.5 Å². The maximum atomic E-state index is 8.57. The first-order valence-corrected chi connectivity index (χ1v) is 6.24. The number of nitriles is 1. The molecule has 0 radical (unpaired) electrons. The van der Waals surface area contributed by atoms with Crippen LogP contribution in [0.15, 0.2) is 11.2 Å². The van der Waals surface area contributed by atoms with Crippen molar-refractivity contribution in [1.82, 2.24) is 9.97 Å². The molecule has 0 spiro atoms. The number of thioether (sulfide) groups is 1. The Morgan fingerprint density at radius 1 is 1.56 bits per heavy atom. The molecule has 1 rings (SSSR count). The molecule has 0 aromatic carbocycles. The van der Waals surface area contributed by atoms with Crippen LogP contribution >= 0.6 is 11.8 Å². The molecule has 1 aromatic rings. The number of nitrogen functional groups attached to an aromatic ring is 1. The molecule has 0 unspecified atom stereocenters. The van der Waals surface area contributed by atoms with E-state index in [0.29, 0.717) is 23.9 Å². The highest BCUT2D eigenvalue weighted by Gasteiger charge is 2.08. The lowest BCUT2D eigenvalue weighted by Gasteiger charge is -2.20. The summed E-state index contributed by atoms with van der Waals surface area (Å²) in [6.45, 7) is 3.48. The van der Waals surface area contributed by atoms with Crippen LogP contribution in [0, 0.1) is 11.3 Å². The molecule has 5 nitrogen and oxygen atoms in total. The van der Waals surface area contributed by atoms with Crippen LogP contribution in [-0.4, -0.2) is 29.3 Å². The number of hydrogen-bond donors (Lipinski definition) is 1. The highest BCUT2D eigenvalue weighted by molar-refractivity contribution is 7.98. The predicted octanol–water partition coefficient (Wildman–Crippen LogP) is 1.52. The minimum Gasteiger partial charge on any atom is -0.383 e. The van der Waals surface area contributed by atoms with Crippen LogP contribution in [0.5, 0.6) is 0 Å². The highest BCUT2D eigenvalue weighted by Crippen LogP contribution is 2.18. The largest absolute Gasteiger partial charge is 0.383 e. The third-order valence-corrected chi connectivity index (χ3v) is 2.64. The summed E-state index contributed by atoms with van der Waals surface area (Å²) in [4.78, 5) is 10.5. The molecule has 0 aliphatic rings. The Hall–Kier alpha value is -1.48. The molecule has 1 heterocycles. The van der Waals surface area contributed by atoms with Crippen molar-refractivity contribution < 1.29 is 0 Å². The number of rotatable bonds is 5. The number of hydrogen-bond acceptors (Lipinski definition) is 6. The summed E-state index contributed by atoms with van der Waals surface area (Å²) in [5, 5.41) is 9.23. The molecule has 16 heavy (non-hydrogen) atoms. The molecule has 0 aliphatic heterocycles. The van der Waals surface area contributed by atoms with Gasteiger partial charge >= 0.3 is 0 Å². The monoisotopic (exact) mass is 237 g/mol. The molecule has 2 N–H and O–H groups in total. The van der Waals surface area contributed by atoms with Crippen molar-refractivity contribution in [1.29, 1.82) is 5.26 Å². The van der Waals surface area contributed by atoms with Crippen LogP contribution in [0.4, 0.5) is 11.6 Å². The first-order chi connectivity index (χ1) is 7.71. The Balaban J connectivity index is 2.91. The van der Waals surface area contributed by atoms with Gasteiger partial charge in [0, 0.05) is 19.2 Å². The molecular weight excluding hydrogens is 222 g/mol. The van der Waals surface area contributed by atoms with E-state index in [1.54, 1.807) is 6.07 Å². The molecule has 0 saturated heterocycles. The van der Waals surface area contributed by atoms with E-state index in [2.05, 4.69) is 16.0 Å². The third-order valence-electron chi connectivity index (χ3n) is 2.09. The lowest BCUT2D eigenvalue weighted by atomic mass is 10.4. The van der Waals surface area contributed by atoms with Gasteiger partial charge < -0.3 is 10.6 Å². The quantitative estimate of drug-likeness (QED) is 0.618. The van der Waals surface area contributed by atoms with Crippen molar-refractivity contribution in [2.75, 3.05) is 30.0 Å². The van der Waals surface area contributed by atoms with Gasteiger partial charge in [-0.25, -0.2) is 9.97 Å².